The van der Waals surface area contributed by atoms with E-state index in [-0.39, 0.29) is 24.5 Å². The largest absolute Gasteiger partial charge is 0.490 e. The molecule has 110 valence electrons. The van der Waals surface area contributed by atoms with Crippen molar-refractivity contribution in [3.05, 3.63) is 39.5 Å². The fourth-order valence-electron chi connectivity index (χ4n) is 1.14. The average Bonchev–Trinajstić information content (AvgIpc) is 2.38. The summed E-state index contributed by atoms with van der Waals surface area (Å²) in [4.78, 5) is 11.1. The lowest BCUT2D eigenvalue weighted by Crippen LogP contribution is -2.25. The Morgan fingerprint density at radius 1 is 1.40 bits per heavy atom. The van der Waals surface area contributed by atoms with Crippen LogP contribution in [-0.2, 0) is 9.53 Å². The Balaban J connectivity index is 2.49. The number of hydrogen-bond acceptors (Lipinski definition) is 4. The quantitative estimate of drug-likeness (QED) is 0.346. The maximum absolute atomic E-state index is 13.0. The molecule has 0 amide bonds. The molecule has 1 atom stereocenters. The Hall–Kier alpha value is -1.22. The Bertz CT molecular complexity index is 519. The van der Waals surface area contributed by atoms with E-state index in [1.54, 1.807) is 22.6 Å². The highest BCUT2D eigenvalue weighted by Gasteiger charge is 2.13. The molecule has 0 saturated heterocycles. The lowest BCUT2D eigenvalue weighted by Gasteiger charge is -2.14. The van der Waals surface area contributed by atoms with Crippen LogP contribution in [0.1, 0.15) is 6.92 Å². The van der Waals surface area contributed by atoms with Crippen molar-refractivity contribution in [2.75, 3.05) is 13.2 Å². The highest BCUT2D eigenvalue weighted by atomic mass is 127. The first kappa shape index (κ1) is 16.8. The molecule has 0 saturated carbocycles. The highest BCUT2D eigenvalue weighted by Crippen LogP contribution is 2.24. The van der Waals surface area contributed by atoms with Gasteiger partial charge in [0, 0.05) is 11.6 Å². The van der Waals surface area contributed by atoms with Gasteiger partial charge in [-0.05, 0) is 35.6 Å². The van der Waals surface area contributed by atoms with E-state index >= 15 is 0 Å². The average molecular weight is 398 g/mol. The van der Waals surface area contributed by atoms with Crippen LogP contribution in [0, 0.1) is 15.2 Å². The number of carbonyl (C=O) groups is 1. The van der Waals surface area contributed by atoms with Crippen molar-refractivity contribution in [1.82, 2.24) is 0 Å². The summed E-state index contributed by atoms with van der Waals surface area (Å²) in [6.45, 7) is 4.38. The smallest absolute Gasteiger partial charge is 0.333 e. The minimum absolute atomic E-state index is 0.106. The first-order valence-corrected chi connectivity index (χ1v) is 6.67. The zero-order chi connectivity index (χ0) is 15.3. The third kappa shape index (κ3) is 5.04. The van der Waals surface area contributed by atoms with Crippen LogP contribution in [0.2, 0.25) is 0 Å². The van der Waals surface area contributed by atoms with Crippen LogP contribution in [-0.4, -0.2) is 30.4 Å². The maximum atomic E-state index is 13.0. The molecule has 0 heterocycles. The normalized spacial score (nSPS) is 11.8. The molecule has 0 aliphatic rings. The van der Waals surface area contributed by atoms with Crippen molar-refractivity contribution in [2.45, 2.75) is 13.0 Å². The lowest BCUT2D eigenvalue weighted by molar-refractivity contribution is -0.142. The van der Waals surface area contributed by atoms with E-state index in [0.29, 0.717) is 3.57 Å². The van der Waals surface area contributed by atoms with E-state index in [2.05, 4.69) is 6.58 Å². The molecule has 0 spiro atoms. The van der Waals surface area contributed by atoms with Gasteiger partial charge in [0.15, 0.2) is 11.6 Å². The predicted octanol–water partition coefficient (Wildman–Crippen LogP) is 2.43. The molecule has 0 aliphatic heterocycles. The zero-order valence-corrected chi connectivity index (χ0v) is 12.8. The minimum Gasteiger partial charge on any atom is -0.490 e. The number of carbonyl (C=O) groups excluding carboxylic acids is 1. The van der Waals surface area contributed by atoms with Gasteiger partial charge in [-0.15, -0.1) is 0 Å². The third-order valence-corrected chi connectivity index (χ3v) is 3.00. The van der Waals surface area contributed by atoms with Crippen LogP contribution >= 0.6 is 22.6 Å². The Morgan fingerprint density at radius 3 is 2.60 bits per heavy atom. The highest BCUT2D eigenvalue weighted by molar-refractivity contribution is 14.1. The molecule has 1 N–H and O–H groups in total. The molecule has 0 bridgehead atoms. The second kappa shape index (κ2) is 7.53. The van der Waals surface area contributed by atoms with Gasteiger partial charge in [-0.2, -0.15) is 0 Å². The van der Waals surface area contributed by atoms with Crippen molar-refractivity contribution in [3.8, 4) is 5.75 Å². The van der Waals surface area contributed by atoms with Gasteiger partial charge in [-0.3, -0.25) is 0 Å². The maximum Gasteiger partial charge on any atom is 0.333 e. The number of rotatable bonds is 6. The van der Waals surface area contributed by atoms with Gasteiger partial charge in [0.25, 0.3) is 0 Å². The van der Waals surface area contributed by atoms with E-state index < -0.39 is 23.7 Å². The van der Waals surface area contributed by atoms with Gasteiger partial charge < -0.3 is 14.6 Å². The first-order chi connectivity index (χ1) is 9.31. The number of esters is 1. The monoisotopic (exact) mass is 398 g/mol. The summed E-state index contributed by atoms with van der Waals surface area (Å²) >= 11 is 1.78. The molecule has 7 heteroatoms. The van der Waals surface area contributed by atoms with Crippen LogP contribution in [0.3, 0.4) is 0 Å². The molecule has 20 heavy (non-hydrogen) atoms. The molecular formula is C13H13F2IO4. The summed E-state index contributed by atoms with van der Waals surface area (Å²) in [6.07, 6.45) is -1.08. The standard InChI is InChI=1S/C13H13F2IO4/c1-7(2)13(18)20-6-8(17)5-19-12-4-10(15)9(14)3-11(12)16/h3-4,8,17H,1,5-6H2,2H3. The SMILES string of the molecule is C=C(C)C(=O)OCC(O)COc1cc(F)c(F)cc1I. The minimum atomic E-state index is -1.08. The Kier molecular flexibility index (Phi) is 6.34. The molecule has 0 radical (unpaired) electrons. The molecule has 1 rings (SSSR count). The van der Waals surface area contributed by atoms with Crippen molar-refractivity contribution in [3.63, 3.8) is 0 Å². The summed E-state index contributed by atoms with van der Waals surface area (Å²) in [5.74, 6) is -2.53. The molecule has 1 unspecified atom stereocenters. The Labute approximate surface area is 128 Å². The van der Waals surface area contributed by atoms with Crippen LogP contribution in [0.25, 0.3) is 0 Å². The number of benzene rings is 1. The van der Waals surface area contributed by atoms with Crippen molar-refractivity contribution in [2.24, 2.45) is 0 Å². The van der Waals surface area contributed by atoms with Gasteiger partial charge in [0.2, 0.25) is 0 Å². The Morgan fingerprint density at radius 2 is 2.00 bits per heavy atom. The van der Waals surface area contributed by atoms with Crippen LogP contribution in [0.4, 0.5) is 8.78 Å². The summed E-state index contributed by atoms with van der Waals surface area (Å²) in [5.41, 5.74) is 0.216. The number of ether oxygens (including phenoxy) is 2. The predicted molar refractivity (Wildman–Crippen MR) is 76.3 cm³/mol. The van der Waals surface area contributed by atoms with Crippen LogP contribution < -0.4 is 4.74 Å². The summed E-state index contributed by atoms with van der Waals surface area (Å²) < 4.78 is 36.2. The first-order valence-electron chi connectivity index (χ1n) is 5.59. The molecule has 1 aromatic carbocycles. The second-order valence-corrected chi connectivity index (χ2v) is 5.20. The summed E-state index contributed by atoms with van der Waals surface area (Å²) in [7, 11) is 0. The molecule has 0 aromatic heterocycles. The van der Waals surface area contributed by atoms with E-state index in [9.17, 15) is 18.7 Å². The van der Waals surface area contributed by atoms with Crippen molar-refractivity contribution in [1.29, 1.82) is 0 Å². The van der Waals surface area contributed by atoms with E-state index in [0.717, 1.165) is 12.1 Å². The lowest BCUT2D eigenvalue weighted by atomic mass is 10.3. The fourth-order valence-corrected chi connectivity index (χ4v) is 1.73. The molecule has 0 fully saturated rings. The van der Waals surface area contributed by atoms with E-state index in [1.165, 1.54) is 6.92 Å². The fraction of sp³-hybridized carbons (Fsp3) is 0.308. The van der Waals surface area contributed by atoms with Crippen LogP contribution in [0.15, 0.2) is 24.3 Å². The molecule has 0 aliphatic carbocycles. The van der Waals surface area contributed by atoms with Gasteiger partial charge in [-0.25, -0.2) is 13.6 Å². The van der Waals surface area contributed by atoms with Gasteiger partial charge >= 0.3 is 5.97 Å². The van der Waals surface area contributed by atoms with Crippen molar-refractivity contribution >= 4 is 28.6 Å². The summed E-state index contributed by atoms with van der Waals surface area (Å²) in [5, 5.41) is 9.55. The third-order valence-electron chi connectivity index (χ3n) is 2.16. The van der Waals surface area contributed by atoms with Crippen molar-refractivity contribution < 1.29 is 28.2 Å². The van der Waals surface area contributed by atoms with Gasteiger partial charge in [0.1, 0.15) is 25.1 Å². The van der Waals surface area contributed by atoms with E-state index in [1.807, 2.05) is 0 Å². The van der Waals surface area contributed by atoms with Gasteiger partial charge in [0.05, 0.1) is 3.57 Å². The summed E-state index contributed by atoms with van der Waals surface area (Å²) in [6, 6.07) is 1.88. The van der Waals surface area contributed by atoms with Crippen LogP contribution in [0.5, 0.6) is 5.75 Å². The second-order valence-electron chi connectivity index (χ2n) is 4.04. The number of hydrogen-bond donors (Lipinski definition) is 1. The molecule has 4 nitrogen and oxygen atoms in total. The molecule has 1 aromatic rings. The van der Waals surface area contributed by atoms with E-state index in [4.69, 9.17) is 9.47 Å². The molecular weight excluding hydrogens is 385 g/mol. The zero-order valence-electron chi connectivity index (χ0n) is 10.7. The number of aliphatic hydroxyl groups is 1. The number of halogens is 3. The van der Waals surface area contributed by atoms with Gasteiger partial charge in [-0.1, -0.05) is 6.58 Å². The number of aliphatic hydroxyl groups excluding tert-OH is 1. The topological polar surface area (TPSA) is 55.8 Å².